The molecule has 1 aliphatic rings. The zero-order valence-corrected chi connectivity index (χ0v) is 16.3. The SMILES string of the molecule is Cn1c(=NC(=O)c2cccc(S(C)(=O)=O)c2)sc2cc3c(cc21)OCCO3. The van der Waals surface area contributed by atoms with Crippen LogP contribution in [0.15, 0.2) is 46.3 Å². The fourth-order valence-electron chi connectivity index (χ4n) is 2.78. The van der Waals surface area contributed by atoms with Gasteiger partial charge in [0.15, 0.2) is 26.1 Å². The van der Waals surface area contributed by atoms with Gasteiger partial charge in [0.2, 0.25) is 0 Å². The first kappa shape index (κ1) is 17.7. The molecule has 0 saturated heterocycles. The van der Waals surface area contributed by atoms with Crippen LogP contribution >= 0.6 is 11.3 Å². The summed E-state index contributed by atoms with van der Waals surface area (Å²) in [7, 11) is -1.58. The molecule has 0 radical (unpaired) electrons. The van der Waals surface area contributed by atoms with E-state index in [1.807, 2.05) is 19.2 Å². The number of hydrogen-bond acceptors (Lipinski definition) is 6. The molecule has 140 valence electrons. The van der Waals surface area contributed by atoms with Crippen molar-refractivity contribution in [2.75, 3.05) is 19.5 Å². The Labute approximate surface area is 159 Å². The first-order valence-corrected chi connectivity index (χ1v) is 10.8. The molecule has 1 amide bonds. The Kier molecular flexibility index (Phi) is 4.27. The largest absolute Gasteiger partial charge is 0.486 e. The molecular weight excluding hydrogens is 388 g/mol. The highest BCUT2D eigenvalue weighted by Crippen LogP contribution is 2.35. The third-order valence-electron chi connectivity index (χ3n) is 4.18. The van der Waals surface area contributed by atoms with Gasteiger partial charge in [-0.25, -0.2) is 8.42 Å². The molecule has 0 aliphatic carbocycles. The van der Waals surface area contributed by atoms with E-state index in [0.717, 1.165) is 16.5 Å². The molecule has 2 heterocycles. The van der Waals surface area contributed by atoms with Crippen molar-refractivity contribution in [1.82, 2.24) is 4.57 Å². The van der Waals surface area contributed by atoms with E-state index in [2.05, 4.69) is 4.99 Å². The summed E-state index contributed by atoms with van der Waals surface area (Å²) in [5.41, 5.74) is 1.10. The highest BCUT2D eigenvalue weighted by Gasteiger charge is 2.16. The Morgan fingerprint density at radius 2 is 1.85 bits per heavy atom. The van der Waals surface area contributed by atoms with Crippen LogP contribution in [0.4, 0.5) is 0 Å². The number of nitrogens with zero attached hydrogens (tertiary/aromatic N) is 2. The summed E-state index contributed by atoms with van der Waals surface area (Å²) in [6, 6.07) is 9.63. The minimum Gasteiger partial charge on any atom is -0.486 e. The summed E-state index contributed by atoms with van der Waals surface area (Å²) in [6.45, 7) is 1.00. The van der Waals surface area contributed by atoms with Gasteiger partial charge in [-0.2, -0.15) is 4.99 Å². The van der Waals surface area contributed by atoms with Gasteiger partial charge in [0.1, 0.15) is 13.2 Å². The van der Waals surface area contributed by atoms with E-state index in [4.69, 9.17) is 9.47 Å². The predicted octanol–water partition coefficient (Wildman–Crippen LogP) is 2.16. The fraction of sp³-hybridized carbons (Fsp3) is 0.222. The van der Waals surface area contributed by atoms with Crippen molar-refractivity contribution in [2.24, 2.45) is 12.0 Å². The predicted molar refractivity (Wildman–Crippen MR) is 101 cm³/mol. The van der Waals surface area contributed by atoms with Crippen LogP contribution < -0.4 is 14.3 Å². The van der Waals surface area contributed by atoms with E-state index >= 15 is 0 Å². The fourth-order valence-corrected chi connectivity index (χ4v) is 4.48. The van der Waals surface area contributed by atoms with Crippen LogP contribution in [-0.4, -0.2) is 38.4 Å². The second kappa shape index (κ2) is 6.50. The molecule has 27 heavy (non-hydrogen) atoms. The molecule has 1 aromatic heterocycles. The maximum Gasteiger partial charge on any atom is 0.279 e. The molecule has 9 heteroatoms. The number of thiazole rings is 1. The maximum absolute atomic E-state index is 12.6. The highest BCUT2D eigenvalue weighted by molar-refractivity contribution is 7.90. The zero-order valence-electron chi connectivity index (χ0n) is 14.6. The first-order chi connectivity index (χ1) is 12.8. The zero-order chi connectivity index (χ0) is 19.2. The molecule has 0 spiro atoms. The molecule has 4 rings (SSSR count). The Hall–Kier alpha value is -2.65. The van der Waals surface area contributed by atoms with Gasteiger partial charge in [-0.05, 0) is 18.2 Å². The summed E-state index contributed by atoms with van der Waals surface area (Å²) in [5.74, 6) is 0.843. The van der Waals surface area contributed by atoms with Crippen LogP contribution in [0.2, 0.25) is 0 Å². The van der Waals surface area contributed by atoms with Crippen LogP contribution in [0.3, 0.4) is 0 Å². The summed E-state index contributed by atoms with van der Waals surface area (Å²) in [4.78, 5) is 17.3. The number of rotatable bonds is 2. The Balaban J connectivity index is 1.79. The topological polar surface area (TPSA) is 87.0 Å². The average Bonchev–Trinajstić information content (AvgIpc) is 2.94. The van der Waals surface area contributed by atoms with Crippen LogP contribution in [0.1, 0.15) is 10.4 Å². The van der Waals surface area contributed by atoms with Gasteiger partial charge in [-0.15, -0.1) is 0 Å². The number of hydrogen-bond donors (Lipinski definition) is 0. The molecule has 0 N–H and O–H groups in total. The number of aryl methyl sites for hydroxylation is 1. The number of fused-ring (bicyclic) bond motifs is 2. The van der Waals surface area contributed by atoms with Crippen LogP contribution in [-0.2, 0) is 16.9 Å². The summed E-state index contributed by atoms with van der Waals surface area (Å²) in [5, 5.41) is 0. The van der Waals surface area contributed by atoms with Crippen molar-refractivity contribution in [3.05, 3.63) is 46.8 Å². The molecule has 1 aliphatic heterocycles. The van der Waals surface area contributed by atoms with Crippen molar-refractivity contribution in [2.45, 2.75) is 4.90 Å². The Morgan fingerprint density at radius 1 is 1.15 bits per heavy atom. The third kappa shape index (κ3) is 3.35. The van der Waals surface area contributed by atoms with Crippen LogP contribution in [0.25, 0.3) is 10.2 Å². The second-order valence-corrected chi connectivity index (χ2v) is 9.15. The molecule has 7 nitrogen and oxygen atoms in total. The van der Waals surface area contributed by atoms with Crippen molar-refractivity contribution < 1.29 is 22.7 Å². The molecule has 0 bridgehead atoms. The number of carbonyl (C=O) groups is 1. The summed E-state index contributed by atoms with van der Waals surface area (Å²) < 4.78 is 37.3. The van der Waals surface area contributed by atoms with Gasteiger partial charge in [0.05, 0.1) is 15.1 Å². The van der Waals surface area contributed by atoms with E-state index in [9.17, 15) is 13.2 Å². The first-order valence-electron chi connectivity index (χ1n) is 8.11. The Morgan fingerprint density at radius 3 is 2.56 bits per heavy atom. The lowest BCUT2D eigenvalue weighted by Crippen LogP contribution is -2.15. The average molecular weight is 404 g/mol. The van der Waals surface area contributed by atoms with Crippen molar-refractivity contribution >= 4 is 37.3 Å². The second-order valence-electron chi connectivity index (χ2n) is 6.12. The van der Waals surface area contributed by atoms with E-state index in [0.29, 0.717) is 29.5 Å². The van der Waals surface area contributed by atoms with Crippen LogP contribution in [0.5, 0.6) is 11.5 Å². The number of aromatic nitrogens is 1. The minimum atomic E-state index is -3.39. The van der Waals surface area contributed by atoms with Gasteiger partial charge >= 0.3 is 0 Å². The van der Waals surface area contributed by atoms with Gasteiger partial charge in [0.25, 0.3) is 5.91 Å². The van der Waals surface area contributed by atoms with Gasteiger partial charge in [-0.1, -0.05) is 17.4 Å². The standard InChI is InChI=1S/C18H16N2O5S2/c1-20-13-9-14-15(25-7-6-24-14)10-16(13)26-18(20)19-17(21)11-4-3-5-12(8-11)27(2,22)23/h3-5,8-10H,6-7H2,1-2H3. The lowest BCUT2D eigenvalue weighted by Gasteiger charge is -2.18. The van der Waals surface area contributed by atoms with E-state index < -0.39 is 15.7 Å². The monoisotopic (exact) mass is 404 g/mol. The van der Waals surface area contributed by atoms with Crippen molar-refractivity contribution in [3.8, 4) is 11.5 Å². The molecule has 0 fully saturated rings. The summed E-state index contributed by atoms with van der Waals surface area (Å²) in [6.07, 6.45) is 1.10. The van der Waals surface area contributed by atoms with Gasteiger partial charge in [-0.3, -0.25) is 4.79 Å². The van der Waals surface area contributed by atoms with Gasteiger partial charge in [0, 0.05) is 31.0 Å². The van der Waals surface area contributed by atoms with Crippen molar-refractivity contribution in [3.63, 3.8) is 0 Å². The smallest absolute Gasteiger partial charge is 0.279 e. The molecule has 0 saturated carbocycles. The quantitative estimate of drug-likeness (QED) is 0.653. The number of benzene rings is 2. The third-order valence-corrected chi connectivity index (χ3v) is 6.38. The number of ether oxygens (including phenoxy) is 2. The number of carbonyl (C=O) groups excluding carboxylic acids is 1. The normalized spacial score (nSPS) is 14.5. The van der Waals surface area contributed by atoms with Crippen molar-refractivity contribution in [1.29, 1.82) is 0 Å². The van der Waals surface area contributed by atoms with E-state index in [-0.39, 0.29) is 10.5 Å². The molecule has 0 unspecified atom stereocenters. The van der Waals surface area contributed by atoms with E-state index in [1.165, 1.54) is 29.5 Å². The highest BCUT2D eigenvalue weighted by atomic mass is 32.2. The number of sulfone groups is 1. The van der Waals surface area contributed by atoms with Crippen LogP contribution in [0, 0.1) is 0 Å². The number of amides is 1. The summed E-state index contributed by atoms with van der Waals surface area (Å²) >= 11 is 1.35. The molecular formula is C18H16N2O5S2. The molecule has 3 aromatic rings. The lowest BCUT2D eigenvalue weighted by molar-refractivity contribution is 0.0997. The van der Waals surface area contributed by atoms with Gasteiger partial charge < -0.3 is 14.0 Å². The lowest BCUT2D eigenvalue weighted by atomic mass is 10.2. The minimum absolute atomic E-state index is 0.0891. The molecule has 2 aromatic carbocycles. The molecule has 0 atom stereocenters. The maximum atomic E-state index is 12.6. The van der Waals surface area contributed by atoms with E-state index in [1.54, 1.807) is 10.6 Å². The Bertz CT molecular complexity index is 1240.